The van der Waals surface area contributed by atoms with Gasteiger partial charge in [-0.3, -0.25) is 0 Å². The number of hydrogen-bond acceptors (Lipinski definition) is 2. The summed E-state index contributed by atoms with van der Waals surface area (Å²) in [5.41, 5.74) is 9.13. The standard InChI is InChI=1S/C20H18N.C18H14N.Ir/c1-20(2,17-11-7-4-8-12-17)18-13-14-21-19(15-18)16-9-5-3-6-10-16;1-3-7-15(8-4-1)13-16-11-12-19-18(14-16)17-9-5-2-6-10-17;/h3-9,11-15H,1-2H3;1-9,11-12,14H,13H2;/q2*-1;. The van der Waals surface area contributed by atoms with Crippen molar-refractivity contribution < 1.29 is 20.1 Å². The van der Waals surface area contributed by atoms with Crippen LogP contribution in [0.15, 0.2) is 146 Å². The molecular formula is C38H32IrN2-2. The van der Waals surface area contributed by atoms with Gasteiger partial charge in [-0.15, -0.1) is 71.8 Å². The molecule has 6 aromatic rings. The van der Waals surface area contributed by atoms with Crippen LogP contribution >= 0.6 is 0 Å². The third kappa shape index (κ3) is 7.95. The van der Waals surface area contributed by atoms with Crippen molar-refractivity contribution >= 4 is 0 Å². The molecular weight excluding hydrogens is 677 g/mol. The van der Waals surface area contributed by atoms with Gasteiger partial charge in [0.25, 0.3) is 0 Å². The second-order valence-corrected chi connectivity index (χ2v) is 10.2. The Labute approximate surface area is 257 Å². The molecule has 0 amide bonds. The Morgan fingerprint density at radius 3 is 1.66 bits per heavy atom. The van der Waals surface area contributed by atoms with Crippen LogP contribution in [0.4, 0.5) is 0 Å². The van der Waals surface area contributed by atoms with Gasteiger partial charge in [0.05, 0.1) is 0 Å². The molecule has 0 atom stereocenters. The average molecular weight is 709 g/mol. The number of hydrogen-bond donors (Lipinski definition) is 0. The minimum atomic E-state index is -0.0479. The van der Waals surface area contributed by atoms with Gasteiger partial charge in [0.1, 0.15) is 0 Å². The van der Waals surface area contributed by atoms with E-state index in [2.05, 4.69) is 115 Å². The maximum absolute atomic E-state index is 4.49. The SMILES string of the molecule is CC(C)(c1ccccc1)c1ccnc(-c2[c-]cccc2)c1.[Ir].[c-]1ccccc1-c1cc(Cc2ccccc2)ccn1. The first-order chi connectivity index (χ1) is 19.6. The van der Waals surface area contributed by atoms with Gasteiger partial charge in [-0.25, -0.2) is 0 Å². The normalized spacial score (nSPS) is 10.6. The molecule has 2 heterocycles. The maximum atomic E-state index is 4.49. The summed E-state index contributed by atoms with van der Waals surface area (Å²) in [6.45, 7) is 4.49. The summed E-state index contributed by atoms with van der Waals surface area (Å²) in [5.74, 6) is 0. The third-order valence-corrected chi connectivity index (χ3v) is 7.02. The maximum Gasteiger partial charge on any atom is 0.0163 e. The molecule has 0 aliphatic rings. The predicted octanol–water partition coefficient (Wildman–Crippen LogP) is 9.01. The van der Waals surface area contributed by atoms with Gasteiger partial charge in [-0.1, -0.05) is 86.6 Å². The molecule has 0 aliphatic carbocycles. The molecule has 0 bridgehead atoms. The topological polar surface area (TPSA) is 25.8 Å². The first kappa shape index (κ1) is 29.8. The van der Waals surface area contributed by atoms with E-state index >= 15 is 0 Å². The van der Waals surface area contributed by atoms with Crippen LogP contribution < -0.4 is 0 Å². The van der Waals surface area contributed by atoms with Crippen LogP contribution in [0.2, 0.25) is 0 Å². The van der Waals surface area contributed by atoms with E-state index in [1.165, 1.54) is 22.3 Å². The van der Waals surface area contributed by atoms with E-state index < -0.39 is 0 Å². The Hall–Kier alpha value is -4.17. The number of benzene rings is 4. The summed E-state index contributed by atoms with van der Waals surface area (Å²) in [6.07, 6.45) is 4.69. The molecule has 41 heavy (non-hydrogen) atoms. The molecule has 0 N–H and O–H groups in total. The van der Waals surface area contributed by atoms with Crippen molar-refractivity contribution in [2.75, 3.05) is 0 Å². The van der Waals surface area contributed by atoms with E-state index in [9.17, 15) is 0 Å². The predicted molar refractivity (Wildman–Crippen MR) is 165 cm³/mol. The fourth-order valence-electron chi connectivity index (χ4n) is 4.66. The Bertz CT molecular complexity index is 1620. The first-order valence-corrected chi connectivity index (χ1v) is 13.5. The molecule has 4 aromatic carbocycles. The van der Waals surface area contributed by atoms with Crippen molar-refractivity contribution in [3.05, 3.63) is 180 Å². The van der Waals surface area contributed by atoms with Gasteiger partial charge in [0.2, 0.25) is 0 Å². The van der Waals surface area contributed by atoms with E-state index in [1.807, 2.05) is 67.0 Å². The van der Waals surface area contributed by atoms with E-state index in [1.54, 1.807) is 0 Å². The van der Waals surface area contributed by atoms with Crippen LogP contribution in [0.1, 0.15) is 36.1 Å². The summed E-state index contributed by atoms with van der Waals surface area (Å²) in [7, 11) is 0. The molecule has 0 saturated carbocycles. The summed E-state index contributed by atoms with van der Waals surface area (Å²) in [6, 6.07) is 51.9. The summed E-state index contributed by atoms with van der Waals surface area (Å²) in [4.78, 5) is 8.91. The smallest absolute Gasteiger partial charge is 0.0163 e. The minimum absolute atomic E-state index is 0. The second kappa shape index (κ2) is 14.5. The Kier molecular flexibility index (Phi) is 10.5. The quantitative estimate of drug-likeness (QED) is 0.162. The number of rotatable bonds is 6. The zero-order valence-electron chi connectivity index (χ0n) is 23.3. The average Bonchev–Trinajstić information content (AvgIpc) is 3.03. The van der Waals surface area contributed by atoms with Crippen LogP contribution in [-0.2, 0) is 31.9 Å². The molecule has 0 saturated heterocycles. The van der Waals surface area contributed by atoms with E-state index in [-0.39, 0.29) is 25.5 Å². The van der Waals surface area contributed by atoms with Gasteiger partial charge in [-0.05, 0) is 52.2 Å². The zero-order chi connectivity index (χ0) is 27.6. The molecule has 0 spiro atoms. The molecule has 2 aromatic heterocycles. The molecule has 0 fully saturated rings. The van der Waals surface area contributed by atoms with Crippen molar-refractivity contribution in [3.8, 4) is 22.5 Å². The van der Waals surface area contributed by atoms with Crippen LogP contribution in [0, 0.1) is 12.1 Å². The van der Waals surface area contributed by atoms with Crippen molar-refractivity contribution in [1.29, 1.82) is 0 Å². The van der Waals surface area contributed by atoms with Gasteiger partial charge in [-0.2, -0.15) is 0 Å². The summed E-state index contributed by atoms with van der Waals surface area (Å²) >= 11 is 0. The Morgan fingerprint density at radius 2 is 1.07 bits per heavy atom. The fourth-order valence-corrected chi connectivity index (χ4v) is 4.66. The van der Waals surface area contributed by atoms with Gasteiger partial charge in [0, 0.05) is 37.9 Å². The minimum Gasteiger partial charge on any atom is -0.305 e. The van der Waals surface area contributed by atoms with Gasteiger partial charge >= 0.3 is 0 Å². The van der Waals surface area contributed by atoms with E-state index in [4.69, 9.17) is 0 Å². The third-order valence-electron chi connectivity index (χ3n) is 7.02. The van der Waals surface area contributed by atoms with Crippen molar-refractivity contribution in [1.82, 2.24) is 9.97 Å². The van der Waals surface area contributed by atoms with Crippen molar-refractivity contribution in [3.63, 3.8) is 0 Å². The number of aromatic nitrogens is 2. The molecule has 205 valence electrons. The van der Waals surface area contributed by atoms with Crippen LogP contribution in [0.3, 0.4) is 0 Å². The Balaban J connectivity index is 0.000000185. The van der Waals surface area contributed by atoms with E-state index in [0.29, 0.717) is 0 Å². The van der Waals surface area contributed by atoms with Crippen LogP contribution in [0.25, 0.3) is 22.5 Å². The van der Waals surface area contributed by atoms with Crippen molar-refractivity contribution in [2.24, 2.45) is 0 Å². The van der Waals surface area contributed by atoms with Crippen molar-refractivity contribution in [2.45, 2.75) is 25.7 Å². The first-order valence-electron chi connectivity index (χ1n) is 13.5. The summed E-state index contributed by atoms with van der Waals surface area (Å²) < 4.78 is 0. The van der Waals surface area contributed by atoms with Gasteiger partial charge < -0.3 is 9.97 Å². The largest absolute Gasteiger partial charge is 0.305 e. The van der Waals surface area contributed by atoms with Crippen LogP contribution in [0.5, 0.6) is 0 Å². The molecule has 0 unspecified atom stereocenters. The fraction of sp³-hybridized carbons (Fsp3) is 0.105. The zero-order valence-corrected chi connectivity index (χ0v) is 25.7. The number of nitrogens with zero attached hydrogens (tertiary/aromatic N) is 2. The van der Waals surface area contributed by atoms with Crippen LogP contribution in [-0.4, -0.2) is 9.97 Å². The molecule has 2 nitrogen and oxygen atoms in total. The second-order valence-electron chi connectivity index (χ2n) is 10.2. The van der Waals surface area contributed by atoms with E-state index in [0.717, 1.165) is 28.9 Å². The molecule has 1 radical (unpaired) electrons. The number of pyridine rings is 2. The molecule has 0 aliphatic heterocycles. The van der Waals surface area contributed by atoms with Gasteiger partial charge in [0.15, 0.2) is 0 Å². The molecule has 6 rings (SSSR count). The molecule has 3 heteroatoms. The monoisotopic (exact) mass is 709 g/mol. The summed E-state index contributed by atoms with van der Waals surface area (Å²) in [5, 5.41) is 0. The Morgan fingerprint density at radius 1 is 0.537 bits per heavy atom.